The van der Waals surface area contributed by atoms with Crippen LogP contribution in [0.3, 0.4) is 0 Å². The minimum absolute atomic E-state index is 0.0000898. The van der Waals surface area contributed by atoms with E-state index >= 15 is 0 Å². The number of aryl methyl sites for hydroxylation is 1. The molecule has 0 bridgehead atoms. The molecule has 0 heterocycles. The van der Waals surface area contributed by atoms with Gasteiger partial charge in [0, 0.05) is 22.1 Å². The summed E-state index contributed by atoms with van der Waals surface area (Å²) in [6.07, 6.45) is 2.00. The standard InChI is InChI=1S/C17H15BrClNO/c1-20(16-7-6-11-4-2-3-5-15(11)16)17(21)12-8-13(18)10-14(19)9-12/h2-5,8-10,16H,6-7H2,1H3. The van der Waals surface area contributed by atoms with Gasteiger partial charge < -0.3 is 4.90 Å². The number of hydrogen-bond donors (Lipinski definition) is 0. The third-order valence-corrected chi connectivity index (χ3v) is 4.67. The summed E-state index contributed by atoms with van der Waals surface area (Å²) in [6, 6.07) is 13.8. The fourth-order valence-electron chi connectivity index (χ4n) is 2.96. The Morgan fingerprint density at radius 3 is 2.81 bits per heavy atom. The molecule has 3 rings (SSSR count). The summed E-state index contributed by atoms with van der Waals surface area (Å²) in [5.74, 6) is -0.0000898. The lowest BCUT2D eigenvalue weighted by Gasteiger charge is -2.25. The fraction of sp³-hybridized carbons (Fsp3) is 0.235. The van der Waals surface area contributed by atoms with Gasteiger partial charge in [0.15, 0.2) is 0 Å². The summed E-state index contributed by atoms with van der Waals surface area (Å²) in [7, 11) is 1.86. The lowest BCUT2D eigenvalue weighted by atomic mass is 10.1. The van der Waals surface area contributed by atoms with Gasteiger partial charge in [0.1, 0.15) is 0 Å². The average Bonchev–Trinajstić information content (AvgIpc) is 2.88. The molecule has 0 aliphatic heterocycles. The van der Waals surface area contributed by atoms with Crippen molar-refractivity contribution in [3.05, 3.63) is 68.7 Å². The van der Waals surface area contributed by atoms with Crippen LogP contribution in [0.2, 0.25) is 5.02 Å². The molecule has 2 aromatic rings. The number of carbonyl (C=O) groups is 1. The quantitative estimate of drug-likeness (QED) is 0.745. The second-order valence-electron chi connectivity index (χ2n) is 5.33. The fourth-order valence-corrected chi connectivity index (χ4v) is 3.82. The number of halogens is 2. The second kappa shape index (κ2) is 5.82. The number of fused-ring (bicyclic) bond motifs is 1. The van der Waals surface area contributed by atoms with Crippen molar-refractivity contribution in [2.24, 2.45) is 0 Å². The van der Waals surface area contributed by atoms with E-state index in [0.29, 0.717) is 10.6 Å². The zero-order valence-corrected chi connectivity index (χ0v) is 14.0. The van der Waals surface area contributed by atoms with Crippen LogP contribution in [0.15, 0.2) is 46.9 Å². The molecule has 1 atom stereocenters. The van der Waals surface area contributed by atoms with Crippen LogP contribution in [-0.4, -0.2) is 17.9 Å². The summed E-state index contributed by atoms with van der Waals surface area (Å²) < 4.78 is 0.818. The van der Waals surface area contributed by atoms with Crippen LogP contribution < -0.4 is 0 Å². The van der Waals surface area contributed by atoms with E-state index in [9.17, 15) is 4.79 Å². The molecule has 0 fully saturated rings. The van der Waals surface area contributed by atoms with Gasteiger partial charge in [0.05, 0.1) is 6.04 Å². The van der Waals surface area contributed by atoms with Crippen LogP contribution in [0, 0.1) is 0 Å². The largest absolute Gasteiger partial charge is 0.335 e. The predicted octanol–water partition coefficient (Wildman–Crippen LogP) is 4.86. The van der Waals surface area contributed by atoms with Gasteiger partial charge in [0.25, 0.3) is 5.91 Å². The molecule has 2 aromatic carbocycles. The summed E-state index contributed by atoms with van der Waals surface area (Å²) in [5, 5.41) is 0.563. The Hall–Kier alpha value is -1.32. The summed E-state index contributed by atoms with van der Waals surface area (Å²) in [6.45, 7) is 0. The maximum Gasteiger partial charge on any atom is 0.254 e. The first kappa shape index (κ1) is 14.6. The van der Waals surface area contributed by atoms with Crippen LogP contribution in [0.1, 0.15) is 33.9 Å². The zero-order chi connectivity index (χ0) is 15.0. The van der Waals surface area contributed by atoms with Crippen molar-refractivity contribution >= 4 is 33.4 Å². The first-order chi connectivity index (χ1) is 10.1. The highest BCUT2D eigenvalue weighted by molar-refractivity contribution is 9.10. The van der Waals surface area contributed by atoms with Gasteiger partial charge in [-0.05, 0) is 42.2 Å². The van der Waals surface area contributed by atoms with Gasteiger partial charge in [-0.15, -0.1) is 0 Å². The highest BCUT2D eigenvalue weighted by atomic mass is 79.9. The topological polar surface area (TPSA) is 20.3 Å². The molecule has 0 aromatic heterocycles. The number of carbonyl (C=O) groups excluding carboxylic acids is 1. The van der Waals surface area contributed by atoms with E-state index in [4.69, 9.17) is 11.6 Å². The van der Waals surface area contributed by atoms with E-state index < -0.39 is 0 Å². The number of benzene rings is 2. The highest BCUT2D eigenvalue weighted by Gasteiger charge is 2.28. The minimum Gasteiger partial charge on any atom is -0.335 e. The molecule has 1 amide bonds. The first-order valence-corrected chi connectivity index (χ1v) is 8.04. The molecule has 0 spiro atoms. The van der Waals surface area contributed by atoms with E-state index in [0.717, 1.165) is 17.3 Å². The van der Waals surface area contributed by atoms with Gasteiger partial charge in [-0.25, -0.2) is 0 Å². The van der Waals surface area contributed by atoms with Crippen LogP contribution in [0.4, 0.5) is 0 Å². The molecule has 108 valence electrons. The third-order valence-electron chi connectivity index (χ3n) is 4.00. The molecule has 1 aliphatic rings. The SMILES string of the molecule is CN(C(=O)c1cc(Cl)cc(Br)c1)C1CCc2ccccc21. The number of hydrogen-bond acceptors (Lipinski definition) is 1. The Labute approximate surface area is 137 Å². The van der Waals surface area contributed by atoms with Crippen molar-refractivity contribution in [3.63, 3.8) is 0 Å². The van der Waals surface area contributed by atoms with Crippen molar-refractivity contribution in [3.8, 4) is 0 Å². The van der Waals surface area contributed by atoms with Crippen molar-refractivity contribution < 1.29 is 4.79 Å². The van der Waals surface area contributed by atoms with Gasteiger partial charge in [-0.3, -0.25) is 4.79 Å². The first-order valence-electron chi connectivity index (χ1n) is 6.87. The molecular weight excluding hydrogens is 350 g/mol. The average molecular weight is 365 g/mol. The van der Waals surface area contributed by atoms with Crippen LogP contribution in [-0.2, 0) is 6.42 Å². The van der Waals surface area contributed by atoms with E-state index in [1.807, 2.05) is 24.1 Å². The zero-order valence-electron chi connectivity index (χ0n) is 11.6. The molecule has 21 heavy (non-hydrogen) atoms. The minimum atomic E-state index is -0.0000898. The molecule has 0 N–H and O–H groups in total. The van der Waals surface area contributed by atoms with E-state index in [1.165, 1.54) is 11.1 Å². The Balaban J connectivity index is 1.89. The number of nitrogens with zero attached hydrogens (tertiary/aromatic N) is 1. The van der Waals surface area contributed by atoms with Gasteiger partial charge in [0.2, 0.25) is 0 Å². The summed E-state index contributed by atoms with van der Waals surface area (Å²) in [5.41, 5.74) is 3.21. The Bertz CT molecular complexity index is 681. The predicted molar refractivity (Wildman–Crippen MR) is 88.7 cm³/mol. The maximum absolute atomic E-state index is 12.7. The maximum atomic E-state index is 12.7. The molecule has 1 aliphatic carbocycles. The molecule has 0 radical (unpaired) electrons. The van der Waals surface area contributed by atoms with Crippen molar-refractivity contribution in [1.82, 2.24) is 4.90 Å². The van der Waals surface area contributed by atoms with Crippen molar-refractivity contribution in [2.45, 2.75) is 18.9 Å². The third kappa shape index (κ3) is 2.85. The Morgan fingerprint density at radius 2 is 2.05 bits per heavy atom. The summed E-state index contributed by atoms with van der Waals surface area (Å²) in [4.78, 5) is 14.5. The molecule has 0 saturated carbocycles. The van der Waals surface area contributed by atoms with E-state index in [-0.39, 0.29) is 11.9 Å². The molecule has 4 heteroatoms. The Morgan fingerprint density at radius 1 is 1.29 bits per heavy atom. The van der Waals surface area contributed by atoms with E-state index in [1.54, 1.807) is 12.1 Å². The number of rotatable bonds is 2. The van der Waals surface area contributed by atoms with Crippen LogP contribution >= 0.6 is 27.5 Å². The smallest absolute Gasteiger partial charge is 0.254 e. The molecule has 1 unspecified atom stereocenters. The van der Waals surface area contributed by atoms with Gasteiger partial charge in [-0.2, -0.15) is 0 Å². The number of amides is 1. The molecular formula is C17H15BrClNO. The normalized spacial score (nSPS) is 16.6. The molecule has 0 saturated heterocycles. The van der Waals surface area contributed by atoms with Crippen molar-refractivity contribution in [1.29, 1.82) is 0 Å². The lowest BCUT2D eigenvalue weighted by molar-refractivity contribution is 0.0730. The van der Waals surface area contributed by atoms with Gasteiger partial charge in [-0.1, -0.05) is 51.8 Å². The van der Waals surface area contributed by atoms with Crippen LogP contribution in [0.25, 0.3) is 0 Å². The van der Waals surface area contributed by atoms with Gasteiger partial charge >= 0.3 is 0 Å². The second-order valence-corrected chi connectivity index (χ2v) is 6.68. The highest BCUT2D eigenvalue weighted by Crippen LogP contribution is 2.35. The summed E-state index contributed by atoms with van der Waals surface area (Å²) >= 11 is 9.42. The van der Waals surface area contributed by atoms with Crippen molar-refractivity contribution in [2.75, 3.05) is 7.05 Å². The van der Waals surface area contributed by atoms with E-state index in [2.05, 4.69) is 34.1 Å². The molecule has 2 nitrogen and oxygen atoms in total. The Kier molecular flexibility index (Phi) is 4.05. The monoisotopic (exact) mass is 363 g/mol. The van der Waals surface area contributed by atoms with Crippen LogP contribution in [0.5, 0.6) is 0 Å². The lowest BCUT2D eigenvalue weighted by Crippen LogP contribution is -2.30.